The van der Waals surface area contributed by atoms with Gasteiger partial charge in [0, 0.05) is 36.3 Å². The molecule has 166 valence electrons. The first-order valence-corrected chi connectivity index (χ1v) is 10.6. The summed E-state index contributed by atoms with van der Waals surface area (Å²) in [6.07, 6.45) is 2.51. The maximum Gasteiger partial charge on any atom is 0.295 e. The van der Waals surface area contributed by atoms with Gasteiger partial charge in [-0.15, -0.1) is 0 Å². The van der Waals surface area contributed by atoms with Gasteiger partial charge in [-0.25, -0.2) is 0 Å². The summed E-state index contributed by atoms with van der Waals surface area (Å²) in [5, 5.41) is 12.0. The van der Waals surface area contributed by atoms with Crippen LogP contribution in [0.1, 0.15) is 30.5 Å². The van der Waals surface area contributed by atoms with E-state index in [2.05, 4.69) is 4.98 Å². The number of amides is 1. The lowest BCUT2D eigenvalue weighted by atomic mass is 9.95. The molecule has 2 heterocycles. The molecule has 0 saturated carbocycles. The van der Waals surface area contributed by atoms with E-state index in [0.29, 0.717) is 23.5 Å². The lowest BCUT2D eigenvalue weighted by Crippen LogP contribution is -2.32. The zero-order valence-corrected chi connectivity index (χ0v) is 18.1. The molecule has 32 heavy (non-hydrogen) atoms. The number of methoxy groups -OCH3 is 1. The lowest BCUT2D eigenvalue weighted by Gasteiger charge is -2.25. The molecule has 2 N–H and O–H groups in total. The van der Waals surface area contributed by atoms with Crippen molar-refractivity contribution in [2.75, 3.05) is 26.9 Å². The Morgan fingerprint density at radius 3 is 2.72 bits per heavy atom. The van der Waals surface area contributed by atoms with Gasteiger partial charge in [0.05, 0.1) is 24.8 Å². The molecular formula is C25H26N2O5. The van der Waals surface area contributed by atoms with Gasteiger partial charge >= 0.3 is 0 Å². The van der Waals surface area contributed by atoms with Crippen molar-refractivity contribution >= 4 is 28.4 Å². The summed E-state index contributed by atoms with van der Waals surface area (Å²) in [4.78, 5) is 30.6. The van der Waals surface area contributed by atoms with Crippen molar-refractivity contribution in [2.45, 2.75) is 19.4 Å². The largest absolute Gasteiger partial charge is 0.507 e. The molecule has 1 atom stereocenters. The minimum absolute atomic E-state index is 0.0588. The van der Waals surface area contributed by atoms with Crippen molar-refractivity contribution < 1.29 is 24.2 Å². The first kappa shape index (κ1) is 21.6. The molecule has 0 radical (unpaired) electrons. The number of fused-ring (bicyclic) bond motifs is 1. The molecule has 1 aliphatic rings. The minimum atomic E-state index is -0.746. The Morgan fingerprint density at radius 2 is 1.94 bits per heavy atom. The Bertz CT molecular complexity index is 1180. The van der Waals surface area contributed by atoms with Crippen molar-refractivity contribution in [1.29, 1.82) is 0 Å². The molecule has 0 bridgehead atoms. The summed E-state index contributed by atoms with van der Waals surface area (Å²) < 4.78 is 10.9. The molecule has 1 saturated heterocycles. The number of aromatic amines is 1. The van der Waals surface area contributed by atoms with E-state index in [1.54, 1.807) is 6.20 Å². The van der Waals surface area contributed by atoms with Crippen LogP contribution in [0.5, 0.6) is 5.75 Å². The number of ether oxygens (including phenoxy) is 2. The second kappa shape index (κ2) is 9.28. The summed E-state index contributed by atoms with van der Waals surface area (Å²) >= 11 is 0. The smallest absolute Gasteiger partial charge is 0.295 e. The van der Waals surface area contributed by atoms with Crippen LogP contribution >= 0.6 is 0 Å². The van der Waals surface area contributed by atoms with Crippen molar-refractivity contribution in [2.24, 2.45) is 0 Å². The number of para-hydroxylation sites is 1. The van der Waals surface area contributed by atoms with Crippen LogP contribution in [0.2, 0.25) is 0 Å². The fourth-order valence-corrected chi connectivity index (χ4v) is 4.05. The number of nitrogens with zero attached hydrogens (tertiary/aromatic N) is 1. The van der Waals surface area contributed by atoms with Gasteiger partial charge in [0.25, 0.3) is 11.7 Å². The third-order valence-electron chi connectivity index (χ3n) is 5.57. The quantitative estimate of drug-likeness (QED) is 0.317. The molecule has 1 amide bonds. The molecule has 1 fully saturated rings. The van der Waals surface area contributed by atoms with Crippen molar-refractivity contribution in [1.82, 2.24) is 9.88 Å². The fraction of sp³-hybridized carbons (Fsp3) is 0.280. The molecule has 1 aliphatic heterocycles. The van der Waals surface area contributed by atoms with Gasteiger partial charge in [0.15, 0.2) is 0 Å². The van der Waals surface area contributed by atoms with Gasteiger partial charge in [0.2, 0.25) is 0 Å². The zero-order chi connectivity index (χ0) is 22.7. The molecule has 7 heteroatoms. The molecule has 2 aromatic carbocycles. The van der Waals surface area contributed by atoms with Crippen LogP contribution in [0.25, 0.3) is 16.7 Å². The third kappa shape index (κ3) is 3.87. The molecule has 0 aliphatic carbocycles. The maximum atomic E-state index is 13.1. The number of aromatic nitrogens is 1. The van der Waals surface area contributed by atoms with Gasteiger partial charge in [-0.05, 0) is 30.2 Å². The van der Waals surface area contributed by atoms with Crippen LogP contribution in [0.4, 0.5) is 0 Å². The van der Waals surface area contributed by atoms with E-state index in [1.165, 1.54) is 12.0 Å². The SMILES string of the molecule is CCCOc1cccc(C2/C(=C(/O)c3c[nH]c4ccccc34)C(=O)C(=O)N2CCOC)c1. The van der Waals surface area contributed by atoms with Crippen molar-refractivity contribution in [3.05, 3.63) is 71.4 Å². The average Bonchev–Trinajstić information content (AvgIpc) is 3.35. The van der Waals surface area contributed by atoms with E-state index in [4.69, 9.17) is 9.47 Å². The zero-order valence-electron chi connectivity index (χ0n) is 18.1. The predicted molar refractivity (Wildman–Crippen MR) is 121 cm³/mol. The lowest BCUT2D eigenvalue weighted by molar-refractivity contribution is -0.140. The Kier molecular flexibility index (Phi) is 6.28. The van der Waals surface area contributed by atoms with Crippen LogP contribution in [0.15, 0.2) is 60.3 Å². The van der Waals surface area contributed by atoms with Crippen molar-refractivity contribution in [3.63, 3.8) is 0 Å². The molecule has 0 spiro atoms. The number of ketones is 1. The Morgan fingerprint density at radius 1 is 1.12 bits per heavy atom. The highest BCUT2D eigenvalue weighted by molar-refractivity contribution is 6.46. The standard InChI is InChI=1S/C25H26N2O5/c1-3-12-32-17-8-6-7-16(14-17)22-21(24(29)25(30)27(22)11-13-31-2)23(28)19-15-26-20-10-5-4-9-18(19)20/h4-10,14-15,22,26,28H,3,11-13H2,1-2H3/b23-21-. The number of likely N-dealkylation sites (tertiary alicyclic amines) is 1. The highest BCUT2D eigenvalue weighted by Crippen LogP contribution is 2.41. The monoisotopic (exact) mass is 434 g/mol. The number of nitrogens with one attached hydrogen (secondary N) is 1. The molecule has 4 rings (SSSR count). The van der Waals surface area contributed by atoms with Crippen LogP contribution in [-0.2, 0) is 14.3 Å². The molecule has 7 nitrogen and oxygen atoms in total. The van der Waals surface area contributed by atoms with E-state index >= 15 is 0 Å². The van der Waals surface area contributed by atoms with Gasteiger partial charge in [0.1, 0.15) is 11.5 Å². The van der Waals surface area contributed by atoms with E-state index in [1.807, 2.05) is 55.5 Å². The van der Waals surface area contributed by atoms with Crippen LogP contribution in [0, 0.1) is 0 Å². The molecule has 3 aromatic rings. The summed E-state index contributed by atoms with van der Waals surface area (Å²) in [5.74, 6) is -0.929. The minimum Gasteiger partial charge on any atom is -0.507 e. The number of hydrogen-bond donors (Lipinski definition) is 2. The number of Topliss-reactive ketones (excluding diaryl/α,β-unsaturated/α-hetero) is 1. The summed E-state index contributed by atoms with van der Waals surface area (Å²) in [5.41, 5.74) is 2.06. The van der Waals surface area contributed by atoms with Crippen molar-refractivity contribution in [3.8, 4) is 5.75 Å². The number of rotatable bonds is 8. The van der Waals surface area contributed by atoms with E-state index in [0.717, 1.165) is 17.3 Å². The van der Waals surface area contributed by atoms with E-state index in [-0.39, 0.29) is 24.5 Å². The molecule has 1 aromatic heterocycles. The molecular weight excluding hydrogens is 408 g/mol. The number of aliphatic hydroxyl groups is 1. The normalized spacial score (nSPS) is 17.9. The number of carbonyl (C=O) groups is 2. The number of hydrogen-bond acceptors (Lipinski definition) is 5. The van der Waals surface area contributed by atoms with Gasteiger partial charge in [-0.1, -0.05) is 37.3 Å². The van der Waals surface area contributed by atoms with Gasteiger partial charge in [-0.3, -0.25) is 9.59 Å². The first-order chi connectivity index (χ1) is 15.6. The van der Waals surface area contributed by atoms with E-state index < -0.39 is 17.7 Å². The topological polar surface area (TPSA) is 91.9 Å². The number of aliphatic hydroxyl groups excluding tert-OH is 1. The molecule has 1 unspecified atom stereocenters. The van der Waals surface area contributed by atoms with Crippen LogP contribution in [0.3, 0.4) is 0 Å². The van der Waals surface area contributed by atoms with Gasteiger partial charge in [-0.2, -0.15) is 0 Å². The number of H-pyrrole nitrogens is 1. The van der Waals surface area contributed by atoms with Gasteiger partial charge < -0.3 is 24.5 Å². The Hall–Kier alpha value is -3.58. The van der Waals surface area contributed by atoms with E-state index in [9.17, 15) is 14.7 Å². The number of carbonyl (C=O) groups excluding carboxylic acids is 2. The fourth-order valence-electron chi connectivity index (χ4n) is 4.05. The highest BCUT2D eigenvalue weighted by Gasteiger charge is 2.46. The summed E-state index contributed by atoms with van der Waals surface area (Å²) in [7, 11) is 1.54. The predicted octanol–water partition coefficient (Wildman–Crippen LogP) is 4.02. The summed E-state index contributed by atoms with van der Waals surface area (Å²) in [6.45, 7) is 3.06. The third-order valence-corrected chi connectivity index (χ3v) is 5.57. The Labute approximate surface area is 186 Å². The van der Waals surface area contributed by atoms with Crippen LogP contribution < -0.4 is 4.74 Å². The highest BCUT2D eigenvalue weighted by atomic mass is 16.5. The summed E-state index contributed by atoms with van der Waals surface area (Å²) in [6, 6.07) is 14.0. The second-order valence-corrected chi connectivity index (χ2v) is 7.65. The number of benzene rings is 2. The average molecular weight is 434 g/mol. The maximum absolute atomic E-state index is 13.1. The second-order valence-electron chi connectivity index (χ2n) is 7.65. The van der Waals surface area contributed by atoms with Crippen LogP contribution in [-0.4, -0.2) is 53.5 Å². The first-order valence-electron chi connectivity index (χ1n) is 10.6. The Balaban J connectivity index is 1.86.